The second-order valence-electron chi connectivity index (χ2n) is 3.86. The summed E-state index contributed by atoms with van der Waals surface area (Å²) in [5.74, 6) is -1.73. The summed E-state index contributed by atoms with van der Waals surface area (Å²) in [4.78, 5) is 0. The number of ether oxygens (including phenoxy) is 2. The van der Waals surface area contributed by atoms with E-state index in [1.165, 1.54) is 12.1 Å². The Balaban J connectivity index is 2.72. The third-order valence-corrected chi connectivity index (χ3v) is 2.50. The standard InChI is InChI=1S/C13H19F2NO2/c1-3-17-13(18-4-2)11(16)8-9-6-5-7-10(14)12(9)15/h5-7,11,13H,3-4,8,16H2,1-2H3. The van der Waals surface area contributed by atoms with Crippen molar-refractivity contribution >= 4 is 0 Å². The van der Waals surface area contributed by atoms with Crippen LogP contribution >= 0.6 is 0 Å². The molecule has 0 aliphatic heterocycles. The second kappa shape index (κ2) is 7.41. The minimum Gasteiger partial charge on any atom is -0.351 e. The first-order valence-corrected chi connectivity index (χ1v) is 6.01. The summed E-state index contributed by atoms with van der Waals surface area (Å²) < 4.78 is 37.2. The summed E-state index contributed by atoms with van der Waals surface area (Å²) in [7, 11) is 0. The molecule has 3 nitrogen and oxygen atoms in total. The fourth-order valence-electron chi connectivity index (χ4n) is 1.68. The molecule has 0 bridgehead atoms. The van der Waals surface area contributed by atoms with E-state index < -0.39 is 24.0 Å². The van der Waals surface area contributed by atoms with E-state index in [0.29, 0.717) is 13.2 Å². The lowest BCUT2D eigenvalue weighted by Gasteiger charge is -2.23. The zero-order valence-corrected chi connectivity index (χ0v) is 10.7. The number of benzene rings is 1. The van der Waals surface area contributed by atoms with Crippen LogP contribution in [-0.2, 0) is 15.9 Å². The predicted octanol–water partition coefficient (Wildman–Crippen LogP) is 2.23. The van der Waals surface area contributed by atoms with E-state index in [1.807, 2.05) is 13.8 Å². The van der Waals surface area contributed by atoms with Crippen molar-refractivity contribution in [2.45, 2.75) is 32.6 Å². The lowest BCUT2D eigenvalue weighted by Crippen LogP contribution is -2.40. The molecule has 0 spiro atoms. The van der Waals surface area contributed by atoms with Gasteiger partial charge in [0.1, 0.15) is 0 Å². The molecule has 0 saturated carbocycles. The molecule has 102 valence electrons. The van der Waals surface area contributed by atoms with Crippen molar-refractivity contribution in [3.05, 3.63) is 35.4 Å². The van der Waals surface area contributed by atoms with Gasteiger partial charge in [0.25, 0.3) is 0 Å². The van der Waals surface area contributed by atoms with Crippen molar-refractivity contribution in [3.63, 3.8) is 0 Å². The maximum absolute atomic E-state index is 13.5. The van der Waals surface area contributed by atoms with Crippen LogP contribution in [0.5, 0.6) is 0 Å². The Morgan fingerprint density at radius 1 is 1.17 bits per heavy atom. The summed E-state index contributed by atoms with van der Waals surface area (Å²) in [5, 5.41) is 0. The summed E-state index contributed by atoms with van der Waals surface area (Å²) in [6, 6.07) is 3.50. The molecule has 1 atom stereocenters. The first-order chi connectivity index (χ1) is 8.60. The van der Waals surface area contributed by atoms with Crippen LogP contribution in [0.4, 0.5) is 8.78 Å². The molecule has 1 aromatic carbocycles. The second-order valence-corrected chi connectivity index (χ2v) is 3.86. The Hall–Kier alpha value is -1.04. The Kier molecular flexibility index (Phi) is 6.18. The summed E-state index contributed by atoms with van der Waals surface area (Å²) >= 11 is 0. The van der Waals surface area contributed by atoms with Gasteiger partial charge < -0.3 is 15.2 Å². The molecule has 0 aliphatic carbocycles. The topological polar surface area (TPSA) is 44.5 Å². The highest BCUT2D eigenvalue weighted by atomic mass is 19.2. The molecule has 0 radical (unpaired) electrons. The van der Waals surface area contributed by atoms with Gasteiger partial charge in [-0.15, -0.1) is 0 Å². The van der Waals surface area contributed by atoms with Gasteiger partial charge in [0, 0.05) is 13.2 Å². The fourth-order valence-corrected chi connectivity index (χ4v) is 1.68. The van der Waals surface area contributed by atoms with Gasteiger partial charge in [0.05, 0.1) is 6.04 Å². The van der Waals surface area contributed by atoms with Crippen LogP contribution in [0.15, 0.2) is 18.2 Å². The zero-order chi connectivity index (χ0) is 13.5. The van der Waals surface area contributed by atoms with Gasteiger partial charge in [-0.1, -0.05) is 12.1 Å². The van der Waals surface area contributed by atoms with Crippen molar-refractivity contribution < 1.29 is 18.3 Å². The monoisotopic (exact) mass is 259 g/mol. The molecule has 0 fully saturated rings. The van der Waals surface area contributed by atoms with E-state index in [2.05, 4.69) is 0 Å². The molecular weight excluding hydrogens is 240 g/mol. The van der Waals surface area contributed by atoms with Gasteiger partial charge in [0.2, 0.25) is 0 Å². The minimum atomic E-state index is -0.871. The van der Waals surface area contributed by atoms with Crippen LogP contribution in [0.3, 0.4) is 0 Å². The number of rotatable bonds is 7. The lowest BCUT2D eigenvalue weighted by molar-refractivity contribution is -0.148. The average molecular weight is 259 g/mol. The van der Waals surface area contributed by atoms with Crippen molar-refractivity contribution in [2.24, 2.45) is 5.73 Å². The minimum absolute atomic E-state index is 0.161. The van der Waals surface area contributed by atoms with E-state index in [0.717, 1.165) is 6.07 Å². The van der Waals surface area contributed by atoms with Crippen LogP contribution in [0.2, 0.25) is 0 Å². The summed E-state index contributed by atoms with van der Waals surface area (Å²) in [6.07, 6.45) is -0.448. The molecule has 5 heteroatoms. The Morgan fingerprint density at radius 3 is 2.33 bits per heavy atom. The third-order valence-electron chi connectivity index (χ3n) is 2.50. The molecule has 0 heterocycles. The zero-order valence-electron chi connectivity index (χ0n) is 10.7. The van der Waals surface area contributed by atoms with E-state index in [9.17, 15) is 8.78 Å². The highest BCUT2D eigenvalue weighted by Crippen LogP contribution is 2.15. The highest BCUT2D eigenvalue weighted by molar-refractivity contribution is 5.20. The molecule has 0 aromatic heterocycles. The van der Waals surface area contributed by atoms with Crippen LogP contribution in [0.1, 0.15) is 19.4 Å². The van der Waals surface area contributed by atoms with E-state index in [4.69, 9.17) is 15.2 Å². The number of hydrogen-bond donors (Lipinski definition) is 1. The van der Waals surface area contributed by atoms with Crippen LogP contribution < -0.4 is 5.73 Å². The van der Waals surface area contributed by atoms with E-state index >= 15 is 0 Å². The fraction of sp³-hybridized carbons (Fsp3) is 0.538. The molecule has 0 saturated heterocycles. The van der Waals surface area contributed by atoms with Gasteiger partial charge in [0.15, 0.2) is 17.9 Å². The van der Waals surface area contributed by atoms with Crippen LogP contribution in [0, 0.1) is 11.6 Å². The molecule has 1 aromatic rings. The Labute approximate surface area is 106 Å². The van der Waals surface area contributed by atoms with Crippen molar-refractivity contribution in [2.75, 3.05) is 13.2 Å². The molecule has 1 unspecified atom stereocenters. The smallest absolute Gasteiger partial charge is 0.172 e. The van der Waals surface area contributed by atoms with E-state index in [-0.39, 0.29) is 12.0 Å². The van der Waals surface area contributed by atoms with Gasteiger partial charge in [-0.3, -0.25) is 0 Å². The number of nitrogens with two attached hydrogens (primary N) is 1. The average Bonchev–Trinajstić information content (AvgIpc) is 2.34. The quantitative estimate of drug-likeness (QED) is 0.764. The van der Waals surface area contributed by atoms with Gasteiger partial charge in [-0.2, -0.15) is 0 Å². The van der Waals surface area contributed by atoms with Crippen molar-refractivity contribution in [3.8, 4) is 0 Å². The van der Waals surface area contributed by atoms with Crippen molar-refractivity contribution in [1.29, 1.82) is 0 Å². The normalized spacial score (nSPS) is 13.0. The lowest BCUT2D eigenvalue weighted by atomic mass is 10.1. The van der Waals surface area contributed by atoms with E-state index in [1.54, 1.807) is 0 Å². The molecule has 1 rings (SSSR count). The first-order valence-electron chi connectivity index (χ1n) is 6.01. The molecule has 18 heavy (non-hydrogen) atoms. The Bertz CT molecular complexity index is 368. The molecule has 0 aliphatic rings. The van der Waals surface area contributed by atoms with Gasteiger partial charge in [-0.25, -0.2) is 8.78 Å². The maximum atomic E-state index is 13.5. The van der Waals surface area contributed by atoms with Gasteiger partial charge in [-0.05, 0) is 31.9 Å². The van der Waals surface area contributed by atoms with Crippen LogP contribution in [0.25, 0.3) is 0 Å². The summed E-state index contributed by atoms with van der Waals surface area (Å²) in [6.45, 7) is 4.54. The molecule has 0 amide bonds. The van der Waals surface area contributed by atoms with Crippen molar-refractivity contribution in [1.82, 2.24) is 0 Å². The van der Waals surface area contributed by atoms with Crippen LogP contribution in [-0.4, -0.2) is 25.5 Å². The highest BCUT2D eigenvalue weighted by Gasteiger charge is 2.20. The Morgan fingerprint density at radius 2 is 1.78 bits per heavy atom. The largest absolute Gasteiger partial charge is 0.351 e. The van der Waals surface area contributed by atoms with Gasteiger partial charge >= 0.3 is 0 Å². The number of halogens is 2. The predicted molar refractivity (Wildman–Crippen MR) is 65.1 cm³/mol. The first kappa shape index (κ1) is 15.0. The maximum Gasteiger partial charge on any atom is 0.172 e. The third kappa shape index (κ3) is 4.01. The SMILES string of the molecule is CCOC(OCC)C(N)Cc1cccc(F)c1F. The number of hydrogen-bond acceptors (Lipinski definition) is 3. The summed E-state index contributed by atoms with van der Waals surface area (Å²) in [5.41, 5.74) is 6.13. The molecular formula is C13H19F2NO2. The molecule has 2 N–H and O–H groups in total.